The largest absolute Gasteiger partial charge is 2.00 e. The Kier molecular flexibility index (Phi) is 15.3. The van der Waals surface area contributed by atoms with Gasteiger partial charge >= 0.3 is 56.0 Å². The number of carbonyl (C=O) groups excluding carboxylic acids is 1. The number of carboxylic acid groups (broad SMARTS) is 3. The molecule has 0 amide bonds. The average Bonchev–Trinajstić information content (AvgIpc) is 1.56. The van der Waals surface area contributed by atoms with Crippen molar-refractivity contribution in [2.75, 3.05) is 0 Å². The maximum Gasteiger partial charge on any atom is 2.00 e. The van der Waals surface area contributed by atoms with Crippen molar-refractivity contribution in [3.05, 3.63) is 0 Å². The Labute approximate surface area is 99.9 Å². The molecule has 0 aliphatic heterocycles. The summed E-state index contributed by atoms with van der Waals surface area (Å²) in [6, 6.07) is 0. The molecule has 68 valence electrons. The minimum atomic E-state index is -1.83. The predicted molar refractivity (Wildman–Crippen MR) is 38.4 cm³/mol. The summed E-state index contributed by atoms with van der Waals surface area (Å²) in [5.41, 5.74) is 0. The van der Waals surface area contributed by atoms with Gasteiger partial charge in [0, 0.05) is 6.92 Å². The summed E-state index contributed by atoms with van der Waals surface area (Å²) in [4.78, 5) is 27.6. The van der Waals surface area contributed by atoms with Crippen molar-refractivity contribution < 1.29 is 37.3 Å². The van der Waals surface area contributed by atoms with Crippen molar-refractivity contribution in [2.45, 2.75) is 6.92 Å². The van der Waals surface area contributed by atoms with Gasteiger partial charge in [0.1, 0.15) is 0 Å². The summed E-state index contributed by atoms with van der Waals surface area (Å²) in [6.07, 6.45) is -3.40. The van der Waals surface area contributed by atoms with Crippen molar-refractivity contribution in [2.24, 2.45) is 0 Å². The maximum absolute atomic E-state index is 9.65. The number of rotatable bonds is 0. The molecule has 8 heteroatoms. The van der Waals surface area contributed by atoms with E-state index in [-0.39, 0.29) is 40.6 Å². The van der Waals surface area contributed by atoms with E-state index in [1.807, 2.05) is 0 Å². The summed E-state index contributed by atoms with van der Waals surface area (Å²) in [6.45, 7) is 1.02. The second-order valence-corrected chi connectivity index (χ2v) is 1.14. The molecule has 0 spiro atoms. The first-order chi connectivity index (χ1) is 4.86. The van der Waals surface area contributed by atoms with Crippen LogP contribution >= 0.6 is 0 Å². The average molecular weight is 208 g/mol. The SMILES string of the molecule is CC(=O)OC(=O)O.O=C(O)O.[Ca+2].[H-].[H-]. The molecule has 0 atom stereocenters. The van der Waals surface area contributed by atoms with Crippen LogP contribution in [0.4, 0.5) is 9.59 Å². The first kappa shape index (κ1) is 17.5. The molecule has 7 nitrogen and oxygen atoms in total. The number of esters is 1. The molecule has 0 aromatic heterocycles. The quantitative estimate of drug-likeness (QED) is 0.297. The summed E-state index contributed by atoms with van der Waals surface area (Å²) in [5, 5.41) is 21.6. The van der Waals surface area contributed by atoms with Crippen LogP contribution < -0.4 is 0 Å². The van der Waals surface area contributed by atoms with E-state index in [0.29, 0.717) is 0 Å². The number of carbonyl (C=O) groups is 3. The van der Waals surface area contributed by atoms with E-state index in [0.717, 1.165) is 6.92 Å². The van der Waals surface area contributed by atoms with Crippen LogP contribution in [0.15, 0.2) is 0 Å². The van der Waals surface area contributed by atoms with Gasteiger partial charge in [-0.25, -0.2) is 9.59 Å². The molecular weight excluding hydrogens is 200 g/mol. The Balaban J connectivity index is -0.0000000347. The maximum atomic E-state index is 9.65. The van der Waals surface area contributed by atoms with Gasteiger partial charge < -0.3 is 22.9 Å². The Bertz CT molecular complexity index is 157. The number of ether oxygens (including phenoxy) is 1. The zero-order valence-electron chi connectivity index (χ0n) is 8.18. The normalized spacial score (nSPS) is 6.42. The molecule has 12 heavy (non-hydrogen) atoms. The van der Waals surface area contributed by atoms with Crippen LogP contribution in [-0.4, -0.2) is 71.3 Å². The minimum absolute atomic E-state index is 0. The first-order valence-electron chi connectivity index (χ1n) is 2.19. The van der Waals surface area contributed by atoms with Gasteiger partial charge in [0.05, 0.1) is 0 Å². The van der Waals surface area contributed by atoms with Crippen molar-refractivity contribution in [1.29, 1.82) is 0 Å². The molecule has 0 aromatic rings. The van der Waals surface area contributed by atoms with Crippen molar-refractivity contribution in [3.8, 4) is 0 Å². The molecular formula is C4H8CaO7. The Morgan fingerprint density at radius 3 is 1.42 bits per heavy atom. The van der Waals surface area contributed by atoms with Gasteiger partial charge in [0.25, 0.3) is 0 Å². The van der Waals surface area contributed by atoms with Crippen LogP contribution in [0.1, 0.15) is 9.78 Å². The van der Waals surface area contributed by atoms with Gasteiger partial charge in [-0.15, -0.1) is 0 Å². The first-order valence-corrected chi connectivity index (χ1v) is 2.19. The third-order valence-corrected chi connectivity index (χ3v) is 0.231. The van der Waals surface area contributed by atoms with Crippen LogP contribution in [0.5, 0.6) is 0 Å². The van der Waals surface area contributed by atoms with Gasteiger partial charge in [-0.2, -0.15) is 0 Å². The fourth-order valence-corrected chi connectivity index (χ4v) is 0.123. The standard InChI is InChI=1S/C3H4O4.CH2O3.Ca.2H/c1-2(4)7-3(5)6;2-1(3)4;;;/h1H3,(H,5,6);(H2,2,3,4);;;/q;;+2;2*-1. The van der Waals surface area contributed by atoms with E-state index >= 15 is 0 Å². The van der Waals surface area contributed by atoms with E-state index in [4.69, 9.17) is 20.1 Å². The predicted octanol–water partition coefficient (Wildman–Crippen LogP) is 0.294. The molecule has 0 aliphatic rings. The Hall–Kier alpha value is -0.530. The van der Waals surface area contributed by atoms with Gasteiger partial charge in [-0.1, -0.05) is 0 Å². The molecule has 0 aromatic carbocycles. The van der Waals surface area contributed by atoms with E-state index in [2.05, 4.69) is 4.74 Å². The topological polar surface area (TPSA) is 121 Å². The van der Waals surface area contributed by atoms with E-state index < -0.39 is 18.3 Å². The van der Waals surface area contributed by atoms with Crippen LogP contribution in [0.3, 0.4) is 0 Å². The van der Waals surface area contributed by atoms with Crippen LogP contribution in [-0.2, 0) is 9.53 Å². The summed E-state index contributed by atoms with van der Waals surface area (Å²) >= 11 is 0. The zero-order valence-corrected chi connectivity index (χ0v) is 8.39. The van der Waals surface area contributed by atoms with Gasteiger partial charge in [-0.05, 0) is 0 Å². The summed E-state index contributed by atoms with van der Waals surface area (Å²) < 4.78 is 3.53. The molecule has 0 fully saturated rings. The fraction of sp³-hybridized carbons (Fsp3) is 0.250. The van der Waals surface area contributed by atoms with Crippen molar-refractivity contribution >= 4 is 56.0 Å². The second kappa shape index (κ2) is 10.5. The second-order valence-electron chi connectivity index (χ2n) is 1.14. The molecule has 0 saturated heterocycles. The third-order valence-electron chi connectivity index (χ3n) is 0.231. The van der Waals surface area contributed by atoms with Crippen LogP contribution in [0, 0.1) is 0 Å². The Morgan fingerprint density at radius 1 is 1.17 bits per heavy atom. The monoisotopic (exact) mass is 208 g/mol. The van der Waals surface area contributed by atoms with Gasteiger partial charge in [0.15, 0.2) is 0 Å². The van der Waals surface area contributed by atoms with Gasteiger partial charge in [-0.3, -0.25) is 4.79 Å². The minimum Gasteiger partial charge on any atom is -1.00 e. The van der Waals surface area contributed by atoms with E-state index in [1.54, 1.807) is 0 Å². The van der Waals surface area contributed by atoms with Gasteiger partial charge in [0.2, 0.25) is 0 Å². The third kappa shape index (κ3) is 56.4. The fourth-order valence-electron chi connectivity index (χ4n) is 0.123. The Morgan fingerprint density at radius 2 is 1.42 bits per heavy atom. The van der Waals surface area contributed by atoms with Crippen molar-refractivity contribution in [1.82, 2.24) is 0 Å². The molecule has 0 rings (SSSR count). The molecule has 3 N–H and O–H groups in total. The number of hydrogen-bond donors (Lipinski definition) is 3. The number of hydrogen-bond acceptors (Lipinski definition) is 4. The molecule has 0 radical (unpaired) electrons. The summed E-state index contributed by atoms with van der Waals surface area (Å²) in [7, 11) is 0. The molecule has 0 unspecified atom stereocenters. The molecule has 0 aliphatic carbocycles. The van der Waals surface area contributed by atoms with E-state index in [9.17, 15) is 9.59 Å². The zero-order chi connectivity index (χ0) is 9.44. The van der Waals surface area contributed by atoms with Crippen molar-refractivity contribution in [3.63, 3.8) is 0 Å². The smallest absolute Gasteiger partial charge is 1.00 e. The van der Waals surface area contributed by atoms with Crippen LogP contribution in [0.2, 0.25) is 0 Å². The summed E-state index contributed by atoms with van der Waals surface area (Å²) in [5.74, 6) is -0.812. The molecule has 0 bridgehead atoms. The molecule has 0 saturated carbocycles. The van der Waals surface area contributed by atoms with E-state index in [1.165, 1.54) is 0 Å². The molecule has 0 heterocycles. The van der Waals surface area contributed by atoms with Crippen LogP contribution in [0.25, 0.3) is 0 Å².